The summed E-state index contributed by atoms with van der Waals surface area (Å²) in [6, 6.07) is 3.97. The van der Waals surface area contributed by atoms with Crippen LogP contribution < -0.4 is 14.8 Å². The van der Waals surface area contributed by atoms with E-state index in [1.165, 1.54) is 0 Å². The van der Waals surface area contributed by atoms with E-state index in [1.807, 2.05) is 0 Å². The van der Waals surface area contributed by atoms with Crippen LogP contribution in [0.15, 0.2) is 30.9 Å². The second-order valence-corrected chi connectivity index (χ2v) is 9.35. The summed E-state index contributed by atoms with van der Waals surface area (Å²) in [5.41, 5.74) is -0.446. The lowest BCUT2D eigenvalue weighted by Crippen LogP contribution is -2.47. The van der Waals surface area contributed by atoms with Gasteiger partial charge in [-0.1, -0.05) is 24.3 Å². The number of aliphatic hydroxyl groups is 1. The number of H-pyrrole nitrogens is 1. The van der Waals surface area contributed by atoms with Gasteiger partial charge >= 0.3 is 0 Å². The summed E-state index contributed by atoms with van der Waals surface area (Å²) < 4.78 is 56.9. The first kappa shape index (κ1) is 26.6. The van der Waals surface area contributed by atoms with Crippen molar-refractivity contribution in [2.45, 2.75) is 36.9 Å². The number of aromatic amines is 1. The monoisotopic (exact) mass is 552 g/mol. The molecule has 3 N–H and O–H groups in total. The maximum atomic E-state index is 14.6. The lowest BCUT2D eigenvalue weighted by Gasteiger charge is -2.28. The van der Waals surface area contributed by atoms with E-state index in [0.29, 0.717) is 18.5 Å². The SMILES string of the molecule is C=C[C@]12OC[C@@H](O)[C@H]1OC[C@H]2Oc1nc2nc(NCc3c(F)cc(OCCCOC)cc3F)c(Cl)cc2[nH]1. The number of hydrogen-bond acceptors (Lipinski definition) is 9. The minimum atomic E-state index is -1.01. The molecule has 0 aliphatic carbocycles. The Morgan fingerprint density at radius 1 is 1.26 bits per heavy atom. The fraction of sp³-hybridized carbons (Fsp3) is 0.440. The first-order valence-electron chi connectivity index (χ1n) is 12.0. The van der Waals surface area contributed by atoms with Crippen molar-refractivity contribution in [2.75, 3.05) is 38.9 Å². The summed E-state index contributed by atoms with van der Waals surface area (Å²) in [5.74, 6) is -1.25. The number of rotatable bonds is 11. The van der Waals surface area contributed by atoms with Crippen LogP contribution in [0.25, 0.3) is 11.2 Å². The van der Waals surface area contributed by atoms with E-state index in [9.17, 15) is 13.9 Å². The Bertz CT molecular complexity index is 1300. The van der Waals surface area contributed by atoms with Crippen LogP contribution in [0, 0.1) is 11.6 Å². The Morgan fingerprint density at radius 3 is 2.79 bits per heavy atom. The highest BCUT2D eigenvalue weighted by Crippen LogP contribution is 2.40. The van der Waals surface area contributed by atoms with Gasteiger partial charge in [0.2, 0.25) is 0 Å². The average molecular weight is 553 g/mol. The molecular weight excluding hydrogens is 526 g/mol. The Kier molecular flexibility index (Phi) is 7.68. The van der Waals surface area contributed by atoms with Gasteiger partial charge < -0.3 is 39.1 Å². The molecule has 2 saturated heterocycles. The van der Waals surface area contributed by atoms with Gasteiger partial charge in [0.25, 0.3) is 6.01 Å². The maximum absolute atomic E-state index is 14.6. The van der Waals surface area contributed by atoms with Gasteiger partial charge in [-0.2, -0.15) is 4.98 Å². The number of nitrogens with zero attached hydrogens (tertiary/aromatic N) is 2. The molecule has 0 unspecified atom stereocenters. The molecule has 3 aromatic rings. The molecule has 2 fully saturated rings. The van der Waals surface area contributed by atoms with Gasteiger partial charge in [0.05, 0.1) is 30.4 Å². The number of pyridine rings is 1. The zero-order valence-corrected chi connectivity index (χ0v) is 21.3. The number of fused-ring (bicyclic) bond motifs is 2. The van der Waals surface area contributed by atoms with Crippen LogP contribution >= 0.6 is 11.6 Å². The maximum Gasteiger partial charge on any atom is 0.296 e. The van der Waals surface area contributed by atoms with Crippen molar-refractivity contribution in [1.82, 2.24) is 15.0 Å². The van der Waals surface area contributed by atoms with E-state index in [2.05, 4.69) is 26.8 Å². The molecule has 4 atom stereocenters. The van der Waals surface area contributed by atoms with Gasteiger partial charge in [-0.15, -0.1) is 0 Å². The van der Waals surface area contributed by atoms with Gasteiger partial charge in [0.1, 0.15) is 35.4 Å². The van der Waals surface area contributed by atoms with Crippen molar-refractivity contribution in [3.63, 3.8) is 0 Å². The second kappa shape index (κ2) is 11.0. The molecule has 0 bridgehead atoms. The molecule has 38 heavy (non-hydrogen) atoms. The smallest absolute Gasteiger partial charge is 0.296 e. The molecule has 0 saturated carbocycles. The number of aliphatic hydroxyl groups excluding tert-OH is 1. The predicted molar refractivity (Wildman–Crippen MR) is 134 cm³/mol. The van der Waals surface area contributed by atoms with Gasteiger partial charge in [0, 0.05) is 44.4 Å². The zero-order chi connectivity index (χ0) is 26.9. The van der Waals surface area contributed by atoms with E-state index in [-0.39, 0.29) is 60.2 Å². The summed E-state index contributed by atoms with van der Waals surface area (Å²) in [7, 11) is 1.56. The fourth-order valence-corrected chi connectivity index (χ4v) is 4.80. The van der Waals surface area contributed by atoms with Crippen molar-refractivity contribution in [3.8, 4) is 11.8 Å². The molecular formula is C25H27ClF2N4O6. The molecule has 13 heteroatoms. The van der Waals surface area contributed by atoms with Gasteiger partial charge in [-0.3, -0.25) is 0 Å². The number of ether oxygens (including phenoxy) is 5. The highest BCUT2D eigenvalue weighted by atomic mass is 35.5. The summed E-state index contributed by atoms with van der Waals surface area (Å²) in [6.45, 7) is 4.64. The molecule has 10 nitrogen and oxygen atoms in total. The lowest BCUT2D eigenvalue weighted by atomic mass is 9.92. The average Bonchev–Trinajstić information content (AvgIpc) is 3.55. The predicted octanol–water partition coefficient (Wildman–Crippen LogP) is 3.38. The Labute approximate surface area is 221 Å². The molecule has 0 amide bonds. The van der Waals surface area contributed by atoms with Crippen LogP contribution in [0.4, 0.5) is 14.6 Å². The minimum absolute atomic E-state index is 0.0937. The van der Waals surface area contributed by atoms with Crippen LogP contribution in [-0.2, 0) is 20.8 Å². The van der Waals surface area contributed by atoms with Crippen molar-refractivity contribution >= 4 is 28.6 Å². The van der Waals surface area contributed by atoms with E-state index in [1.54, 1.807) is 19.3 Å². The van der Waals surface area contributed by atoms with Crippen molar-refractivity contribution in [3.05, 3.63) is 53.1 Å². The topological polar surface area (TPSA) is 120 Å². The van der Waals surface area contributed by atoms with Crippen molar-refractivity contribution in [1.29, 1.82) is 0 Å². The van der Waals surface area contributed by atoms with Crippen LogP contribution in [0.5, 0.6) is 11.8 Å². The minimum Gasteiger partial charge on any atom is -0.493 e. The molecule has 2 aliphatic rings. The molecule has 0 spiro atoms. The van der Waals surface area contributed by atoms with Gasteiger partial charge in [-0.05, 0) is 6.07 Å². The quantitative estimate of drug-likeness (QED) is 0.243. The molecule has 5 rings (SSSR count). The third-order valence-corrected chi connectivity index (χ3v) is 6.80. The summed E-state index contributed by atoms with van der Waals surface area (Å²) in [4.78, 5) is 11.7. The number of nitrogens with one attached hydrogen (secondary N) is 2. The van der Waals surface area contributed by atoms with Crippen LogP contribution in [0.3, 0.4) is 0 Å². The van der Waals surface area contributed by atoms with E-state index in [0.717, 1.165) is 12.1 Å². The third kappa shape index (κ3) is 5.02. The normalized spacial score (nSPS) is 24.5. The number of imidazole rings is 1. The van der Waals surface area contributed by atoms with Crippen LogP contribution in [0.1, 0.15) is 12.0 Å². The Hall–Kier alpha value is -3.03. The second-order valence-electron chi connectivity index (χ2n) is 8.94. The summed E-state index contributed by atoms with van der Waals surface area (Å²) >= 11 is 6.36. The standard InChI is InChI=1S/C25H27ClF2N4O6/c1-3-25-20(12-36-21(25)19(33)11-37-25)38-24-30-18-9-15(26)22(31-23(18)32-24)29-10-14-16(27)7-13(8-17(14)28)35-6-4-5-34-2/h3,7-9,19-21,33H,1,4-6,10-12H2,2H3,(H2,29,30,31,32)/t19-,20-,21-,25-/m1/s1. The molecule has 204 valence electrons. The zero-order valence-electron chi connectivity index (χ0n) is 20.5. The van der Waals surface area contributed by atoms with Crippen molar-refractivity contribution in [2.24, 2.45) is 0 Å². The highest BCUT2D eigenvalue weighted by Gasteiger charge is 2.59. The lowest BCUT2D eigenvalue weighted by molar-refractivity contribution is -0.0324. The molecule has 2 aromatic heterocycles. The van der Waals surface area contributed by atoms with Crippen LogP contribution in [0.2, 0.25) is 5.02 Å². The number of benzene rings is 1. The first-order valence-corrected chi connectivity index (χ1v) is 12.4. The number of aromatic nitrogens is 3. The number of hydrogen-bond donors (Lipinski definition) is 3. The summed E-state index contributed by atoms with van der Waals surface area (Å²) in [6.07, 6.45) is 0.189. The third-order valence-electron chi connectivity index (χ3n) is 6.52. The van der Waals surface area contributed by atoms with E-state index in [4.69, 9.17) is 35.3 Å². The number of anilines is 1. The highest BCUT2D eigenvalue weighted by molar-refractivity contribution is 6.33. The summed E-state index contributed by atoms with van der Waals surface area (Å²) in [5, 5.41) is 13.2. The Morgan fingerprint density at radius 2 is 2.05 bits per heavy atom. The molecule has 1 aromatic carbocycles. The molecule has 2 aliphatic heterocycles. The van der Waals surface area contributed by atoms with Gasteiger partial charge in [-0.25, -0.2) is 13.8 Å². The first-order chi connectivity index (χ1) is 18.3. The molecule has 4 heterocycles. The van der Waals surface area contributed by atoms with Gasteiger partial charge in [0.15, 0.2) is 17.4 Å². The molecule has 0 radical (unpaired) electrons. The van der Waals surface area contributed by atoms with Crippen LogP contribution in [-0.4, -0.2) is 77.5 Å². The van der Waals surface area contributed by atoms with Crippen molar-refractivity contribution < 1.29 is 37.6 Å². The number of methoxy groups -OCH3 is 1. The number of halogens is 3. The fourth-order valence-electron chi connectivity index (χ4n) is 4.58. The largest absolute Gasteiger partial charge is 0.493 e. The van der Waals surface area contributed by atoms with E-state index < -0.39 is 35.5 Å². The van der Waals surface area contributed by atoms with E-state index >= 15 is 0 Å². The Balaban J connectivity index is 1.28.